The lowest BCUT2D eigenvalue weighted by molar-refractivity contribution is -0.0141. The maximum Gasteiger partial charge on any atom is 0.0730 e. The first kappa shape index (κ1) is 14.9. The highest BCUT2D eigenvalue weighted by Gasteiger charge is 2.28. The smallest absolute Gasteiger partial charge is 0.0730 e. The van der Waals surface area contributed by atoms with Gasteiger partial charge in [0.25, 0.3) is 0 Å². The standard InChI is InChI=1S/C14H29NO2/c1-4-8-15-13-7-6-12(2)11-14(13)17-10-5-9-16-3/h12-15H,4-11H2,1-3H3. The molecular weight excluding hydrogens is 214 g/mol. The van der Waals surface area contributed by atoms with E-state index in [1.807, 2.05) is 0 Å². The molecule has 0 amide bonds. The maximum atomic E-state index is 6.02. The van der Waals surface area contributed by atoms with Crippen molar-refractivity contribution in [2.45, 2.75) is 58.1 Å². The summed E-state index contributed by atoms with van der Waals surface area (Å²) in [6.45, 7) is 7.29. The van der Waals surface area contributed by atoms with Crippen molar-refractivity contribution in [3.8, 4) is 0 Å². The van der Waals surface area contributed by atoms with Crippen molar-refractivity contribution in [1.29, 1.82) is 0 Å². The van der Waals surface area contributed by atoms with Crippen molar-refractivity contribution < 1.29 is 9.47 Å². The zero-order valence-corrected chi connectivity index (χ0v) is 11.7. The molecule has 17 heavy (non-hydrogen) atoms. The van der Waals surface area contributed by atoms with Gasteiger partial charge in [0.15, 0.2) is 0 Å². The van der Waals surface area contributed by atoms with E-state index >= 15 is 0 Å². The van der Waals surface area contributed by atoms with Gasteiger partial charge in [-0.05, 0) is 44.6 Å². The van der Waals surface area contributed by atoms with E-state index in [1.165, 1.54) is 25.7 Å². The monoisotopic (exact) mass is 243 g/mol. The molecule has 0 bridgehead atoms. The fourth-order valence-corrected chi connectivity index (χ4v) is 2.51. The molecule has 102 valence electrons. The summed E-state index contributed by atoms with van der Waals surface area (Å²) in [5, 5.41) is 3.63. The van der Waals surface area contributed by atoms with Crippen LogP contribution in [0.5, 0.6) is 0 Å². The number of rotatable bonds is 8. The third kappa shape index (κ3) is 5.84. The van der Waals surface area contributed by atoms with Gasteiger partial charge in [0.1, 0.15) is 0 Å². The molecular formula is C14H29NO2. The molecule has 1 rings (SSSR count). The van der Waals surface area contributed by atoms with E-state index < -0.39 is 0 Å². The maximum absolute atomic E-state index is 6.02. The molecule has 0 aliphatic heterocycles. The zero-order valence-electron chi connectivity index (χ0n) is 11.7. The van der Waals surface area contributed by atoms with E-state index in [2.05, 4.69) is 19.2 Å². The molecule has 0 saturated heterocycles. The summed E-state index contributed by atoms with van der Waals surface area (Å²) in [4.78, 5) is 0. The Labute approximate surface area is 106 Å². The van der Waals surface area contributed by atoms with Gasteiger partial charge in [-0.25, -0.2) is 0 Å². The highest BCUT2D eigenvalue weighted by atomic mass is 16.5. The molecule has 0 aromatic carbocycles. The fourth-order valence-electron chi connectivity index (χ4n) is 2.51. The van der Waals surface area contributed by atoms with E-state index in [-0.39, 0.29) is 0 Å². The van der Waals surface area contributed by atoms with Crippen LogP contribution in [0.15, 0.2) is 0 Å². The van der Waals surface area contributed by atoms with Crippen LogP contribution in [0, 0.1) is 5.92 Å². The predicted octanol–water partition coefficient (Wildman–Crippen LogP) is 2.60. The molecule has 0 aromatic rings. The Kier molecular flexibility index (Phi) is 7.82. The van der Waals surface area contributed by atoms with Crippen LogP contribution in [-0.4, -0.2) is 39.0 Å². The Morgan fingerprint density at radius 2 is 2.06 bits per heavy atom. The predicted molar refractivity (Wildman–Crippen MR) is 71.3 cm³/mol. The van der Waals surface area contributed by atoms with Crippen molar-refractivity contribution in [1.82, 2.24) is 5.32 Å². The normalized spacial score (nSPS) is 29.5. The lowest BCUT2D eigenvalue weighted by Crippen LogP contribution is -2.45. The average molecular weight is 243 g/mol. The minimum absolute atomic E-state index is 0.405. The van der Waals surface area contributed by atoms with Gasteiger partial charge in [-0.1, -0.05) is 13.8 Å². The highest BCUT2D eigenvalue weighted by molar-refractivity contribution is 4.84. The van der Waals surface area contributed by atoms with Crippen LogP contribution < -0.4 is 5.32 Å². The Bertz CT molecular complexity index is 185. The first-order valence-corrected chi connectivity index (χ1v) is 7.11. The van der Waals surface area contributed by atoms with Gasteiger partial charge < -0.3 is 14.8 Å². The second-order valence-corrected chi connectivity index (χ2v) is 5.23. The third-order valence-electron chi connectivity index (χ3n) is 3.54. The number of nitrogens with one attached hydrogen (secondary N) is 1. The molecule has 3 unspecified atom stereocenters. The summed E-state index contributed by atoms with van der Waals surface area (Å²) in [7, 11) is 1.74. The van der Waals surface area contributed by atoms with Gasteiger partial charge in [0.2, 0.25) is 0 Å². The summed E-state index contributed by atoms with van der Waals surface area (Å²) in [6, 6.07) is 0.564. The van der Waals surface area contributed by atoms with Crippen LogP contribution in [0.4, 0.5) is 0 Å². The average Bonchev–Trinajstić information content (AvgIpc) is 2.33. The van der Waals surface area contributed by atoms with Crippen molar-refractivity contribution in [3.63, 3.8) is 0 Å². The first-order chi connectivity index (χ1) is 8.27. The number of methoxy groups -OCH3 is 1. The minimum atomic E-state index is 0.405. The third-order valence-corrected chi connectivity index (χ3v) is 3.54. The molecule has 3 atom stereocenters. The number of hydrogen-bond donors (Lipinski definition) is 1. The van der Waals surface area contributed by atoms with Crippen LogP contribution in [0.1, 0.15) is 46.0 Å². The molecule has 0 heterocycles. The molecule has 0 radical (unpaired) electrons. The van der Waals surface area contributed by atoms with Crippen molar-refractivity contribution in [3.05, 3.63) is 0 Å². The Balaban J connectivity index is 2.27. The fraction of sp³-hybridized carbons (Fsp3) is 1.00. The Morgan fingerprint density at radius 3 is 2.76 bits per heavy atom. The van der Waals surface area contributed by atoms with E-state index in [1.54, 1.807) is 7.11 Å². The molecule has 1 aliphatic carbocycles. The molecule has 3 nitrogen and oxygen atoms in total. The summed E-state index contributed by atoms with van der Waals surface area (Å²) >= 11 is 0. The molecule has 0 spiro atoms. The summed E-state index contributed by atoms with van der Waals surface area (Å²) in [5.74, 6) is 0.808. The second-order valence-electron chi connectivity index (χ2n) is 5.23. The SMILES string of the molecule is CCCNC1CCC(C)CC1OCCCOC. The van der Waals surface area contributed by atoms with Gasteiger partial charge in [0, 0.05) is 26.4 Å². The van der Waals surface area contributed by atoms with Gasteiger partial charge in [-0.2, -0.15) is 0 Å². The topological polar surface area (TPSA) is 30.5 Å². The number of ether oxygens (including phenoxy) is 2. The van der Waals surface area contributed by atoms with Crippen LogP contribution in [0.3, 0.4) is 0 Å². The Morgan fingerprint density at radius 1 is 1.24 bits per heavy atom. The number of hydrogen-bond acceptors (Lipinski definition) is 3. The summed E-state index contributed by atoms with van der Waals surface area (Å²) < 4.78 is 11.1. The second kappa shape index (κ2) is 8.90. The zero-order chi connectivity index (χ0) is 12.5. The highest BCUT2D eigenvalue weighted by Crippen LogP contribution is 2.26. The molecule has 1 saturated carbocycles. The van der Waals surface area contributed by atoms with E-state index in [9.17, 15) is 0 Å². The molecule has 3 heteroatoms. The lowest BCUT2D eigenvalue weighted by atomic mass is 9.85. The van der Waals surface area contributed by atoms with E-state index in [0.29, 0.717) is 12.1 Å². The minimum Gasteiger partial charge on any atom is -0.385 e. The van der Waals surface area contributed by atoms with Crippen LogP contribution in [-0.2, 0) is 9.47 Å². The van der Waals surface area contributed by atoms with E-state index in [4.69, 9.17) is 9.47 Å². The van der Waals surface area contributed by atoms with Crippen LogP contribution in [0.2, 0.25) is 0 Å². The first-order valence-electron chi connectivity index (χ1n) is 7.11. The quantitative estimate of drug-likeness (QED) is 0.665. The van der Waals surface area contributed by atoms with Gasteiger partial charge in [-0.15, -0.1) is 0 Å². The van der Waals surface area contributed by atoms with Gasteiger partial charge >= 0.3 is 0 Å². The molecule has 1 aliphatic rings. The van der Waals surface area contributed by atoms with Gasteiger partial charge in [0.05, 0.1) is 6.10 Å². The van der Waals surface area contributed by atoms with Crippen molar-refractivity contribution in [2.75, 3.05) is 26.9 Å². The molecule has 1 fully saturated rings. The van der Waals surface area contributed by atoms with Gasteiger partial charge in [-0.3, -0.25) is 0 Å². The summed E-state index contributed by atoms with van der Waals surface area (Å²) in [6.07, 6.45) is 6.40. The van der Waals surface area contributed by atoms with E-state index in [0.717, 1.165) is 32.1 Å². The molecule has 1 N–H and O–H groups in total. The van der Waals surface area contributed by atoms with Crippen molar-refractivity contribution >= 4 is 0 Å². The summed E-state index contributed by atoms with van der Waals surface area (Å²) in [5.41, 5.74) is 0. The lowest BCUT2D eigenvalue weighted by Gasteiger charge is -2.35. The largest absolute Gasteiger partial charge is 0.385 e. The molecule has 0 aromatic heterocycles. The van der Waals surface area contributed by atoms with Crippen LogP contribution in [0.25, 0.3) is 0 Å². The Hall–Kier alpha value is -0.120. The van der Waals surface area contributed by atoms with Crippen LogP contribution >= 0.6 is 0 Å². The van der Waals surface area contributed by atoms with Crippen molar-refractivity contribution in [2.24, 2.45) is 5.92 Å².